The van der Waals surface area contributed by atoms with Crippen molar-refractivity contribution in [2.75, 3.05) is 24.5 Å². The van der Waals surface area contributed by atoms with Crippen molar-refractivity contribution in [2.24, 2.45) is 0 Å². The van der Waals surface area contributed by atoms with Crippen LogP contribution in [0.2, 0.25) is 0 Å². The van der Waals surface area contributed by atoms with Gasteiger partial charge >= 0.3 is 0 Å². The van der Waals surface area contributed by atoms with Crippen LogP contribution in [0.15, 0.2) is 41.8 Å². The van der Waals surface area contributed by atoms with Crippen LogP contribution in [0.25, 0.3) is 0 Å². The number of hydrogen-bond acceptors (Lipinski definition) is 4. The third-order valence-electron chi connectivity index (χ3n) is 5.05. The number of imidazole rings is 1. The molecular formula is C18H22N4O3S. The lowest BCUT2D eigenvalue weighted by Crippen LogP contribution is -2.37. The van der Waals surface area contributed by atoms with E-state index in [9.17, 15) is 13.2 Å². The average Bonchev–Trinajstić information content (AvgIpc) is 3.34. The largest absolute Gasteiger partial charge is 0.328 e. The molecule has 1 aromatic carbocycles. The first kappa shape index (κ1) is 17.2. The molecule has 2 aliphatic rings. The van der Waals surface area contributed by atoms with Gasteiger partial charge in [-0.15, -0.1) is 0 Å². The Kier molecular flexibility index (Phi) is 4.54. The molecule has 0 radical (unpaired) electrons. The number of hydrogen-bond donors (Lipinski definition) is 0. The topological polar surface area (TPSA) is 75.5 Å². The molecule has 138 valence electrons. The van der Waals surface area contributed by atoms with E-state index in [1.807, 2.05) is 0 Å². The van der Waals surface area contributed by atoms with Gasteiger partial charge in [0.2, 0.25) is 15.9 Å². The molecule has 1 saturated heterocycles. The lowest BCUT2D eigenvalue weighted by molar-refractivity contribution is -0.119. The number of amides is 1. The summed E-state index contributed by atoms with van der Waals surface area (Å²) in [6.45, 7) is 2.07. The summed E-state index contributed by atoms with van der Waals surface area (Å²) >= 11 is 0. The molecule has 1 fully saturated rings. The zero-order valence-corrected chi connectivity index (χ0v) is 15.4. The van der Waals surface area contributed by atoms with Crippen LogP contribution in [0, 0.1) is 0 Å². The monoisotopic (exact) mass is 374 g/mol. The predicted molar refractivity (Wildman–Crippen MR) is 97.3 cm³/mol. The second-order valence-electron chi connectivity index (χ2n) is 6.79. The summed E-state index contributed by atoms with van der Waals surface area (Å²) in [7, 11) is -3.43. The van der Waals surface area contributed by atoms with Crippen molar-refractivity contribution in [3.05, 3.63) is 42.5 Å². The summed E-state index contributed by atoms with van der Waals surface area (Å²) in [5.74, 6) is -0.0147. The minimum atomic E-state index is -3.43. The standard InChI is InChI=1S/C18H22N4O3S/c23-18(13-20-11-7-19-14-20)22-10-3-4-15-12-16(5-6-17(15)22)26(24,25)21-8-1-2-9-21/h5-7,11-12,14H,1-4,8-10,13H2. The molecule has 3 heterocycles. The molecule has 0 N–H and O–H groups in total. The number of nitrogens with zero attached hydrogens (tertiary/aromatic N) is 4. The van der Waals surface area contributed by atoms with Crippen molar-refractivity contribution >= 4 is 21.6 Å². The van der Waals surface area contributed by atoms with Crippen LogP contribution in [0.5, 0.6) is 0 Å². The first-order valence-corrected chi connectivity index (χ1v) is 10.4. The van der Waals surface area contributed by atoms with Gasteiger partial charge in [-0.05, 0) is 49.4 Å². The fourth-order valence-electron chi connectivity index (χ4n) is 3.69. The molecule has 0 bridgehead atoms. The van der Waals surface area contributed by atoms with Gasteiger partial charge in [0.1, 0.15) is 6.54 Å². The van der Waals surface area contributed by atoms with E-state index in [4.69, 9.17) is 0 Å². The molecule has 2 aliphatic heterocycles. The molecule has 1 amide bonds. The fourth-order valence-corrected chi connectivity index (χ4v) is 5.26. The van der Waals surface area contributed by atoms with E-state index in [0.29, 0.717) is 24.5 Å². The Morgan fingerprint density at radius 2 is 1.92 bits per heavy atom. The summed E-state index contributed by atoms with van der Waals surface area (Å²) in [4.78, 5) is 18.7. The maximum Gasteiger partial charge on any atom is 0.246 e. The van der Waals surface area contributed by atoms with E-state index in [-0.39, 0.29) is 12.5 Å². The number of carbonyl (C=O) groups excluding carboxylic acids is 1. The number of rotatable bonds is 4. The molecule has 26 heavy (non-hydrogen) atoms. The number of carbonyl (C=O) groups is 1. The Labute approximate surface area is 153 Å². The van der Waals surface area contributed by atoms with E-state index < -0.39 is 10.0 Å². The van der Waals surface area contributed by atoms with Gasteiger partial charge in [0.05, 0.1) is 11.2 Å². The highest BCUT2D eigenvalue weighted by Crippen LogP contribution is 2.31. The van der Waals surface area contributed by atoms with Crippen molar-refractivity contribution in [1.82, 2.24) is 13.9 Å². The van der Waals surface area contributed by atoms with Gasteiger partial charge in [0, 0.05) is 37.7 Å². The van der Waals surface area contributed by atoms with Crippen LogP contribution in [0.1, 0.15) is 24.8 Å². The van der Waals surface area contributed by atoms with E-state index in [1.54, 1.807) is 50.7 Å². The van der Waals surface area contributed by atoms with Gasteiger partial charge in [-0.2, -0.15) is 4.31 Å². The first-order chi connectivity index (χ1) is 12.6. The third kappa shape index (κ3) is 3.14. The minimum absolute atomic E-state index is 0.0147. The molecular weight excluding hydrogens is 352 g/mol. The Bertz CT molecular complexity index is 903. The molecule has 8 heteroatoms. The van der Waals surface area contributed by atoms with Gasteiger partial charge < -0.3 is 9.47 Å². The molecule has 0 spiro atoms. The smallest absolute Gasteiger partial charge is 0.246 e. The second-order valence-corrected chi connectivity index (χ2v) is 8.72. The van der Waals surface area contributed by atoms with E-state index in [2.05, 4.69) is 4.98 Å². The second kappa shape index (κ2) is 6.85. The summed E-state index contributed by atoms with van der Waals surface area (Å²) in [5, 5.41) is 0. The Morgan fingerprint density at radius 3 is 2.65 bits per heavy atom. The normalized spacial score (nSPS) is 18.1. The number of benzene rings is 1. The number of aryl methyl sites for hydroxylation is 1. The van der Waals surface area contributed by atoms with Gasteiger partial charge in [-0.25, -0.2) is 13.4 Å². The van der Waals surface area contributed by atoms with E-state index >= 15 is 0 Å². The van der Waals surface area contributed by atoms with Gasteiger partial charge in [0.15, 0.2) is 0 Å². The molecule has 0 aliphatic carbocycles. The van der Waals surface area contributed by atoms with Crippen LogP contribution in [-0.4, -0.2) is 47.8 Å². The summed E-state index contributed by atoms with van der Waals surface area (Å²) in [5.41, 5.74) is 1.75. The molecule has 0 saturated carbocycles. The van der Waals surface area contributed by atoms with Crippen LogP contribution in [-0.2, 0) is 27.8 Å². The number of anilines is 1. The molecule has 2 aromatic rings. The highest BCUT2D eigenvalue weighted by atomic mass is 32.2. The average molecular weight is 374 g/mol. The van der Waals surface area contributed by atoms with Crippen molar-refractivity contribution in [3.8, 4) is 0 Å². The van der Waals surface area contributed by atoms with Crippen LogP contribution >= 0.6 is 0 Å². The van der Waals surface area contributed by atoms with Crippen LogP contribution in [0.3, 0.4) is 0 Å². The molecule has 4 rings (SSSR count). The number of sulfonamides is 1. The van der Waals surface area contributed by atoms with Crippen molar-refractivity contribution < 1.29 is 13.2 Å². The fraction of sp³-hybridized carbons (Fsp3) is 0.444. The lowest BCUT2D eigenvalue weighted by atomic mass is 10.0. The maximum atomic E-state index is 12.8. The summed E-state index contributed by atoms with van der Waals surface area (Å²) < 4.78 is 28.9. The molecule has 7 nitrogen and oxygen atoms in total. The Balaban J connectivity index is 1.60. The van der Waals surface area contributed by atoms with Gasteiger partial charge in [-0.3, -0.25) is 4.79 Å². The minimum Gasteiger partial charge on any atom is -0.328 e. The third-order valence-corrected chi connectivity index (χ3v) is 6.95. The molecule has 0 unspecified atom stereocenters. The van der Waals surface area contributed by atoms with Crippen LogP contribution in [0.4, 0.5) is 5.69 Å². The van der Waals surface area contributed by atoms with E-state index in [1.165, 1.54) is 0 Å². The highest BCUT2D eigenvalue weighted by molar-refractivity contribution is 7.89. The Morgan fingerprint density at radius 1 is 1.12 bits per heavy atom. The zero-order valence-electron chi connectivity index (χ0n) is 14.5. The van der Waals surface area contributed by atoms with Crippen molar-refractivity contribution in [1.29, 1.82) is 0 Å². The SMILES string of the molecule is O=C(Cn1ccnc1)N1CCCc2cc(S(=O)(=O)N3CCCC3)ccc21. The molecule has 1 aromatic heterocycles. The number of aromatic nitrogens is 2. The van der Waals surface area contributed by atoms with Crippen LogP contribution < -0.4 is 4.90 Å². The Hall–Kier alpha value is -2.19. The van der Waals surface area contributed by atoms with Crippen molar-refractivity contribution in [3.63, 3.8) is 0 Å². The zero-order chi connectivity index (χ0) is 18.1. The maximum absolute atomic E-state index is 12.8. The quantitative estimate of drug-likeness (QED) is 0.815. The van der Waals surface area contributed by atoms with Crippen molar-refractivity contribution in [2.45, 2.75) is 37.1 Å². The summed E-state index contributed by atoms with van der Waals surface area (Å²) in [6.07, 6.45) is 8.47. The first-order valence-electron chi connectivity index (χ1n) is 8.95. The number of fused-ring (bicyclic) bond motifs is 1. The van der Waals surface area contributed by atoms with Gasteiger partial charge in [-0.1, -0.05) is 0 Å². The summed E-state index contributed by atoms with van der Waals surface area (Å²) in [6, 6.07) is 5.16. The predicted octanol–water partition coefficient (Wildman–Crippen LogP) is 1.65. The highest BCUT2D eigenvalue weighted by Gasteiger charge is 2.29. The molecule has 0 atom stereocenters. The lowest BCUT2D eigenvalue weighted by Gasteiger charge is -2.30. The van der Waals surface area contributed by atoms with Gasteiger partial charge in [0.25, 0.3) is 0 Å². The van der Waals surface area contributed by atoms with E-state index in [0.717, 1.165) is 36.9 Å².